The molecule has 1 N–H and O–H groups in total. The van der Waals surface area contributed by atoms with E-state index in [1.54, 1.807) is 30.5 Å². The molecule has 3 aromatic rings. The van der Waals surface area contributed by atoms with Crippen LogP contribution in [0.25, 0.3) is 10.9 Å². The largest absolute Gasteiger partial charge is 0.494 e. The fourth-order valence-corrected chi connectivity index (χ4v) is 2.38. The summed E-state index contributed by atoms with van der Waals surface area (Å²) in [5, 5.41) is 3.33. The van der Waals surface area contributed by atoms with Crippen LogP contribution in [0.4, 0.5) is 8.78 Å². The minimum Gasteiger partial charge on any atom is -0.494 e. The van der Waals surface area contributed by atoms with E-state index in [-0.39, 0.29) is 17.9 Å². The van der Waals surface area contributed by atoms with E-state index in [9.17, 15) is 13.6 Å². The van der Waals surface area contributed by atoms with Crippen LogP contribution in [0.3, 0.4) is 0 Å². The quantitative estimate of drug-likeness (QED) is 0.798. The summed E-state index contributed by atoms with van der Waals surface area (Å²) in [4.78, 5) is 16.4. The first-order valence-corrected chi connectivity index (χ1v) is 7.24. The molecule has 1 aromatic heterocycles. The Morgan fingerprint density at radius 3 is 2.83 bits per heavy atom. The molecule has 0 bridgehead atoms. The molecule has 4 nitrogen and oxygen atoms in total. The monoisotopic (exact) mass is 328 g/mol. The van der Waals surface area contributed by atoms with Gasteiger partial charge in [-0.1, -0.05) is 6.07 Å². The molecule has 2 aromatic carbocycles. The van der Waals surface area contributed by atoms with Gasteiger partial charge in [0.15, 0.2) is 11.6 Å². The molecule has 0 aliphatic heterocycles. The number of aromatic nitrogens is 1. The third kappa shape index (κ3) is 3.03. The van der Waals surface area contributed by atoms with Gasteiger partial charge in [0.1, 0.15) is 5.82 Å². The summed E-state index contributed by atoms with van der Waals surface area (Å²) in [5.74, 6) is -2.06. The third-order valence-electron chi connectivity index (χ3n) is 3.66. The van der Waals surface area contributed by atoms with Gasteiger partial charge in [0.25, 0.3) is 5.91 Å². The van der Waals surface area contributed by atoms with E-state index in [0.29, 0.717) is 5.56 Å². The summed E-state index contributed by atoms with van der Waals surface area (Å²) >= 11 is 0. The molecule has 0 aliphatic rings. The van der Waals surface area contributed by atoms with E-state index in [1.165, 1.54) is 13.2 Å². The molecule has 0 saturated heterocycles. The maximum absolute atomic E-state index is 14.1. The average Bonchev–Trinajstić information content (AvgIpc) is 2.61. The highest BCUT2D eigenvalue weighted by Crippen LogP contribution is 2.23. The number of pyridine rings is 1. The summed E-state index contributed by atoms with van der Waals surface area (Å²) < 4.78 is 32.7. The number of methoxy groups -OCH3 is 1. The van der Waals surface area contributed by atoms with Gasteiger partial charge < -0.3 is 10.1 Å². The van der Waals surface area contributed by atoms with Gasteiger partial charge in [-0.3, -0.25) is 9.78 Å². The number of carbonyl (C=O) groups is 1. The summed E-state index contributed by atoms with van der Waals surface area (Å²) in [6.45, 7) is -0.279. The maximum Gasteiger partial charge on any atom is 0.251 e. The Bertz CT molecular complexity index is 913. The molecule has 0 saturated carbocycles. The molecule has 0 aliphatic carbocycles. The molecule has 122 valence electrons. The van der Waals surface area contributed by atoms with E-state index in [4.69, 9.17) is 4.74 Å². The zero-order valence-corrected chi connectivity index (χ0v) is 12.8. The number of hydrogen-bond acceptors (Lipinski definition) is 3. The number of fused-ring (bicyclic) bond motifs is 1. The van der Waals surface area contributed by atoms with Gasteiger partial charge in [-0.05, 0) is 36.4 Å². The molecular formula is C18H14F2N2O2. The smallest absolute Gasteiger partial charge is 0.251 e. The first-order valence-electron chi connectivity index (χ1n) is 7.24. The Morgan fingerprint density at radius 1 is 1.21 bits per heavy atom. The van der Waals surface area contributed by atoms with Gasteiger partial charge in [-0.15, -0.1) is 0 Å². The van der Waals surface area contributed by atoms with Crippen LogP contribution in [0.15, 0.2) is 48.7 Å². The molecule has 24 heavy (non-hydrogen) atoms. The number of carbonyl (C=O) groups excluding carboxylic acids is 1. The van der Waals surface area contributed by atoms with Crippen LogP contribution in [0.5, 0.6) is 5.75 Å². The highest BCUT2D eigenvalue weighted by Gasteiger charge is 2.15. The predicted molar refractivity (Wildman–Crippen MR) is 85.8 cm³/mol. The van der Waals surface area contributed by atoms with E-state index < -0.39 is 17.5 Å². The van der Waals surface area contributed by atoms with Gasteiger partial charge in [0.05, 0.1) is 12.6 Å². The second kappa shape index (κ2) is 6.62. The van der Waals surface area contributed by atoms with Crippen LogP contribution in [-0.4, -0.2) is 18.0 Å². The van der Waals surface area contributed by atoms with Gasteiger partial charge in [-0.25, -0.2) is 8.78 Å². The minimum atomic E-state index is -0.819. The lowest BCUT2D eigenvalue weighted by Gasteiger charge is -2.10. The number of nitrogens with one attached hydrogen (secondary N) is 1. The van der Waals surface area contributed by atoms with Crippen molar-refractivity contribution in [3.63, 3.8) is 0 Å². The van der Waals surface area contributed by atoms with Crippen LogP contribution in [0.2, 0.25) is 0 Å². The number of rotatable bonds is 4. The molecule has 3 rings (SSSR count). The number of halogens is 2. The van der Waals surface area contributed by atoms with Crippen molar-refractivity contribution >= 4 is 16.8 Å². The number of ether oxygens (including phenoxy) is 1. The lowest BCUT2D eigenvalue weighted by Crippen LogP contribution is -2.24. The van der Waals surface area contributed by atoms with Gasteiger partial charge >= 0.3 is 0 Å². The highest BCUT2D eigenvalue weighted by atomic mass is 19.1. The summed E-state index contributed by atoms with van der Waals surface area (Å²) in [5.41, 5.74) is 0.906. The summed E-state index contributed by atoms with van der Waals surface area (Å²) in [7, 11) is 1.29. The highest BCUT2D eigenvalue weighted by molar-refractivity contribution is 5.97. The van der Waals surface area contributed by atoms with Gasteiger partial charge in [0, 0.05) is 29.3 Å². The summed E-state index contributed by atoms with van der Waals surface area (Å²) in [6.07, 6.45) is 1.66. The van der Waals surface area contributed by atoms with Crippen molar-refractivity contribution < 1.29 is 18.3 Å². The standard InChI is InChI=1S/C18H14F2N2O2/c1-24-16-7-5-14(19)13(17(16)20)10-22-18(23)12-4-6-15-11(9-12)3-2-8-21-15/h2-9H,10H2,1H3,(H,22,23). The molecule has 0 unspecified atom stereocenters. The predicted octanol–water partition coefficient (Wildman–Crippen LogP) is 3.45. The number of hydrogen-bond donors (Lipinski definition) is 1. The summed E-state index contributed by atoms with van der Waals surface area (Å²) in [6, 6.07) is 10.9. The zero-order valence-electron chi connectivity index (χ0n) is 12.8. The van der Waals surface area contributed by atoms with E-state index in [1.807, 2.05) is 6.07 Å². The minimum absolute atomic E-state index is 0.0718. The van der Waals surface area contributed by atoms with Crippen molar-refractivity contribution in [3.8, 4) is 5.75 Å². The lowest BCUT2D eigenvalue weighted by atomic mass is 10.1. The molecule has 6 heteroatoms. The lowest BCUT2D eigenvalue weighted by molar-refractivity contribution is 0.0950. The first kappa shape index (κ1) is 15.9. The SMILES string of the molecule is COc1ccc(F)c(CNC(=O)c2ccc3ncccc3c2)c1F. The molecule has 1 heterocycles. The Hall–Kier alpha value is -3.02. The van der Waals surface area contributed by atoms with Crippen molar-refractivity contribution in [3.05, 3.63) is 71.4 Å². The van der Waals surface area contributed by atoms with Crippen molar-refractivity contribution in [2.24, 2.45) is 0 Å². The van der Waals surface area contributed by atoms with Crippen molar-refractivity contribution in [1.82, 2.24) is 10.3 Å². The Morgan fingerprint density at radius 2 is 2.04 bits per heavy atom. The second-order valence-corrected chi connectivity index (χ2v) is 5.14. The second-order valence-electron chi connectivity index (χ2n) is 5.14. The van der Waals surface area contributed by atoms with Crippen LogP contribution >= 0.6 is 0 Å². The van der Waals surface area contributed by atoms with Gasteiger partial charge in [0.2, 0.25) is 0 Å². The Balaban J connectivity index is 1.80. The van der Waals surface area contributed by atoms with E-state index >= 15 is 0 Å². The average molecular weight is 328 g/mol. The van der Waals surface area contributed by atoms with E-state index in [2.05, 4.69) is 10.3 Å². The van der Waals surface area contributed by atoms with Crippen molar-refractivity contribution in [2.75, 3.05) is 7.11 Å². The Kier molecular flexibility index (Phi) is 4.37. The third-order valence-corrected chi connectivity index (χ3v) is 3.66. The van der Waals surface area contributed by atoms with Crippen LogP contribution in [0.1, 0.15) is 15.9 Å². The van der Waals surface area contributed by atoms with E-state index in [0.717, 1.165) is 17.0 Å². The van der Waals surface area contributed by atoms with Crippen LogP contribution < -0.4 is 10.1 Å². The zero-order chi connectivity index (χ0) is 17.1. The van der Waals surface area contributed by atoms with Gasteiger partial charge in [-0.2, -0.15) is 0 Å². The number of benzene rings is 2. The molecule has 0 fully saturated rings. The first-order chi connectivity index (χ1) is 11.6. The normalized spacial score (nSPS) is 10.6. The van der Waals surface area contributed by atoms with Crippen LogP contribution in [-0.2, 0) is 6.54 Å². The Labute approximate surface area is 137 Å². The number of amides is 1. The maximum atomic E-state index is 14.1. The van der Waals surface area contributed by atoms with Crippen LogP contribution in [0, 0.1) is 11.6 Å². The van der Waals surface area contributed by atoms with Crippen molar-refractivity contribution in [2.45, 2.75) is 6.54 Å². The molecule has 1 amide bonds. The molecular weight excluding hydrogens is 314 g/mol. The molecule has 0 spiro atoms. The van der Waals surface area contributed by atoms with Crippen molar-refractivity contribution in [1.29, 1.82) is 0 Å². The fourth-order valence-electron chi connectivity index (χ4n) is 2.38. The molecule has 0 atom stereocenters. The topological polar surface area (TPSA) is 51.2 Å². The fraction of sp³-hybridized carbons (Fsp3) is 0.111. The molecule has 0 radical (unpaired) electrons. The number of nitrogens with zero attached hydrogens (tertiary/aromatic N) is 1.